The summed E-state index contributed by atoms with van der Waals surface area (Å²) in [5.41, 5.74) is 1.44. The van der Waals surface area contributed by atoms with Gasteiger partial charge in [-0.2, -0.15) is 0 Å². The number of carbonyl (C=O) groups excluding carboxylic acids is 2. The van der Waals surface area contributed by atoms with Crippen LogP contribution in [0.4, 0.5) is 0 Å². The van der Waals surface area contributed by atoms with E-state index in [0.29, 0.717) is 55.7 Å². The Balaban J connectivity index is 2.35. The van der Waals surface area contributed by atoms with Crippen LogP contribution in [0.2, 0.25) is 5.02 Å². The Morgan fingerprint density at radius 3 is 2.61 bits per heavy atom. The largest absolute Gasteiger partial charge is 0.396 e. The van der Waals surface area contributed by atoms with Crippen LogP contribution in [-0.2, 0) is 20.9 Å². The molecular formula is C22H33ClN4O4. The van der Waals surface area contributed by atoms with Gasteiger partial charge in [-0.25, -0.2) is 0 Å². The average Bonchev–Trinajstić information content (AvgIpc) is 3.13. The van der Waals surface area contributed by atoms with Gasteiger partial charge < -0.3 is 29.9 Å². The maximum atomic E-state index is 13.4. The maximum absolute atomic E-state index is 13.4. The molecule has 0 bridgehead atoms. The van der Waals surface area contributed by atoms with E-state index >= 15 is 0 Å². The summed E-state index contributed by atoms with van der Waals surface area (Å²) in [4.78, 5) is 29.9. The van der Waals surface area contributed by atoms with Crippen molar-refractivity contribution in [3.63, 3.8) is 0 Å². The molecule has 0 fully saturated rings. The Morgan fingerprint density at radius 1 is 1.29 bits per heavy atom. The summed E-state index contributed by atoms with van der Waals surface area (Å²) < 4.78 is 5.47. The molecule has 1 aliphatic heterocycles. The third kappa shape index (κ3) is 6.85. The monoisotopic (exact) mass is 452 g/mol. The number of ether oxygens (including phenoxy) is 1. The third-order valence-electron chi connectivity index (χ3n) is 5.14. The first-order valence-electron chi connectivity index (χ1n) is 10.6. The van der Waals surface area contributed by atoms with Crippen molar-refractivity contribution < 1.29 is 19.4 Å². The number of amides is 2. The lowest BCUT2D eigenvalue weighted by Crippen LogP contribution is -2.41. The van der Waals surface area contributed by atoms with Gasteiger partial charge in [-0.1, -0.05) is 23.7 Å². The summed E-state index contributed by atoms with van der Waals surface area (Å²) >= 11 is 6.03. The molecule has 0 radical (unpaired) electrons. The van der Waals surface area contributed by atoms with Crippen LogP contribution in [0.25, 0.3) is 0 Å². The molecule has 9 heteroatoms. The minimum Gasteiger partial charge on any atom is -0.396 e. The first-order valence-corrected chi connectivity index (χ1v) is 10.9. The van der Waals surface area contributed by atoms with Crippen molar-refractivity contribution in [2.75, 3.05) is 40.5 Å². The standard InChI is InChI=1S/C22H33ClN4O4/c1-4-31-14-5-7-19-24-21(26(3)16-29)20(22(30)25(2)12-6-13-28)27(19)15-17-8-10-18(23)11-9-17/h8-11,16,19,24,28H,4-7,12-15H2,1-3H3. The number of aliphatic hydroxyl groups excluding tert-OH is 1. The summed E-state index contributed by atoms with van der Waals surface area (Å²) in [6.07, 6.45) is 2.55. The molecule has 8 nitrogen and oxygen atoms in total. The number of carbonyl (C=O) groups is 2. The zero-order chi connectivity index (χ0) is 22.8. The van der Waals surface area contributed by atoms with Crippen molar-refractivity contribution in [3.05, 3.63) is 46.4 Å². The van der Waals surface area contributed by atoms with Gasteiger partial charge in [0, 0.05) is 52.0 Å². The molecule has 1 aromatic rings. The van der Waals surface area contributed by atoms with E-state index in [9.17, 15) is 9.59 Å². The molecule has 2 N–H and O–H groups in total. The van der Waals surface area contributed by atoms with Crippen LogP contribution < -0.4 is 5.32 Å². The van der Waals surface area contributed by atoms with E-state index in [0.717, 1.165) is 18.4 Å². The molecule has 2 amide bonds. The van der Waals surface area contributed by atoms with Crippen molar-refractivity contribution in [1.29, 1.82) is 0 Å². The number of halogens is 1. The van der Waals surface area contributed by atoms with Gasteiger partial charge in [0.25, 0.3) is 5.91 Å². The molecular weight excluding hydrogens is 420 g/mol. The molecule has 1 heterocycles. The molecule has 1 aromatic carbocycles. The lowest BCUT2D eigenvalue weighted by Gasteiger charge is -2.30. The van der Waals surface area contributed by atoms with E-state index in [1.54, 1.807) is 19.0 Å². The molecule has 0 aliphatic carbocycles. The molecule has 31 heavy (non-hydrogen) atoms. The molecule has 0 saturated heterocycles. The summed E-state index contributed by atoms with van der Waals surface area (Å²) in [5, 5.41) is 13.2. The Bertz CT molecular complexity index is 756. The Hall–Kier alpha value is -2.29. The van der Waals surface area contributed by atoms with Crippen LogP contribution in [0.1, 0.15) is 31.7 Å². The smallest absolute Gasteiger partial charge is 0.273 e. The average molecular weight is 453 g/mol. The normalized spacial score (nSPS) is 15.8. The van der Waals surface area contributed by atoms with Gasteiger partial charge in [-0.05, 0) is 43.9 Å². The van der Waals surface area contributed by atoms with Crippen molar-refractivity contribution in [3.8, 4) is 0 Å². The summed E-state index contributed by atoms with van der Waals surface area (Å²) in [6, 6.07) is 7.50. The van der Waals surface area contributed by atoms with Gasteiger partial charge in [0.05, 0.1) is 0 Å². The molecule has 172 valence electrons. The minimum atomic E-state index is -0.203. The zero-order valence-corrected chi connectivity index (χ0v) is 19.3. The topological polar surface area (TPSA) is 85.3 Å². The molecule has 0 spiro atoms. The molecule has 1 atom stereocenters. The number of hydrogen-bond donors (Lipinski definition) is 2. The number of likely N-dealkylation sites (N-methyl/N-ethyl adjacent to an activating group) is 1. The second-order valence-electron chi connectivity index (χ2n) is 7.47. The molecule has 1 aliphatic rings. The summed E-state index contributed by atoms with van der Waals surface area (Å²) in [5.74, 6) is 0.275. The fourth-order valence-electron chi connectivity index (χ4n) is 3.46. The van der Waals surface area contributed by atoms with Crippen LogP contribution in [-0.4, -0.2) is 78.8 Å². The van der Waals surface area contributed by atoms with Crippen LogP contribution >= 0.6 is 11.6 Å². The lowest BCUT2D eigenvalue weighted by molar-refractivity contribution is -0.128. The quantitative estimate of drug-likeness (QED) is 0.351. The van der Waals surface area contributed by atoms with Crippen LogP contribution in [0.15, 0.2) is 35.8 Å². The fourth-order valence-corrected chi connectivity index (χ4v) is 3.58. The SMILES string of the molecule is CCOCCCC1NC(N(C)C=O)=C(C(=O)N(C)CCCO)N1Cc1ccc(Cl)cc1. The van der Waals surface area contributed by atoms with E-state index in [-0.39, 0.29) is 18.7 Å². The van der Waals surface area contributed by atoms with Crippen LogP contribution in [0.5, 0.6) is 0 Å². The Labute approximate surface area is 189 Å². The predicted octanol–water partition coefficient (Wildman–Crippen LogP) is 1.99. The predicted molar refractivity (Wildman–Crippen MR) is 120 cm³/mol. The number of benzene rings is 1. The van der Waals surface area contributed by atoms with Crippen LogP contribution in [0.3, 0.4) is 0 Å². The third-order valence-corrected chi connectivity index (χ3v) is 5.39. The number of nitrogens with one attached hydrogen (secondary N) is 1. The van der Waals surface area contributed by atoms with Gasteiger partial charge in [-0.3, -0.25) is 9.59 Å². The highest BCUT2D eigenvalue weighted by molar-refractivity contribution is 6.30. The van der Waals surface area contributed by atoms with Gasteiger partial charge in [0.15, 0.2) is 0 Å². The van der Waals surface area contributed by atoms with Crippen molar-refractivity contribution >= 4 is 23.9 Å². The summed E-state index contributed by atoms with van der Waals surface area (Å²) in [7, 11) is 3.33. The lowest BCUT2D eigenvalue weighted by atomic mass is 10.1. The number of aliphatic hydroxyl groups is 1. The van der Waals surface area contributed by atoms with Gasteiger partial charge in [-0.15, -0.1) is 0 Å². The molecule has 2 rings (SSSR count). The first-order chi connectivity index (χ1) is 14.9. The fraction of sp³-hybridized carbons (Fsp3) is 0.545. The van der Waals surface area contributed by atoms with E-state index in [1.807, 2.05) is 36.1 Å². The van der Waals surface area contributed by atoms with E-state index in [2.05, 4.69) is 5.32 Å². The van der Waals surface area contributed by atoms with Gasteiger partial charge in [0.2, 0.25) is 6.41 Å². The van der Waals surface area contributed by atoms with E-state index in [4.69, 9.17) is 21.4 Å². The Kier molecular flexibility index (Phi) is 10.1. The van der Waals surface area contributed by atoms with Gasteiger partial charge in [0.1, 0.15) is 17.7 Å². The van der Waals surface area contributed by atoms with Gasteiger partial charge >= 0.3 is 0 Å². The van der Waals surface area contributed by atoms with Crippen molar-refractivity contribution in [2.24, 2.45) is 0 Å². The maximum Gasteiger partial charge on any atom is 0.273 e. The highest BCUT2D eigenvalue weighted by Crippen LogP contribution is 2.28. The molecule has 0 saturated carbocycles. The van der Waals surface area contributed by atoms with Crippen LogP contribution in [0, 0.1) is 0 Å². The highest BCUT2D eigenvalue weighted by atomic mass is 35.5. The van der Waals surface area contributed by atoms with E-state index < -0.39 is 0 Å². The number of nitrogens with zero attached hydrogens (tertiary/aromatic N) is 3. The highest BCUT2D eigenvalue weighted by Gasteiger charge is 2.37. The molecule has 0 aromatic heterocycles. The Morgan fingerprint density at radius 2 is 2.00 bits per heavy atom. The van der Waals surface area contributed by atoms with Crippen molar-refractivity contribution in [1.82, 2.24) is 20.0 Å². The minimum absolute atomic E-state index is 0.00452. The second-order valence-corrected chi connectivity index (χ2v) is 7.91. The van der Waals surface area contributed by atoms with E-state index in [1.165, 1.54) is 4.90 Å². The second kappa shape index (κ2) is 12.5. The first kappa shape index (κ1) is 25.0. The molecule has 1 unspecified atom stereocenters. The zero-order valence-electron chi connectivity index (χ0n) is 18.5. The summed E-state index contributed by atoms with van der Waals surface area (Å²) in [6.45, 7) is 4.14. The number of rotatable bonds is 13. The number of hydrogen-bond acceptors (Lipinski definition) is 6. The van der Waals surface area contributed by atoms with Crippen molar-refractivity contribution in [2.45, 2.75) is 38.9 Å².